The van der Waals surface area contributed by atoms with Crippen LogP contribution in [-0.4, -0.2) is 22.0 Å². The molecule has 0 aliphatic carbocycles. The van der Waals surface area contributed by atoms with Gasteiger partial charge in [0, 0.05) is 4.88 Å². The van der Waals surface area contributed by atoms with E-state index in [1.807, 2.05) is 7.05 Å². The SMILES string of the molecule is CNCCc1ccc(S(=O)(=O)Nc2ccc(F)c(Br)c2)s1. The molecule has 0 aliphatic rings. The highest BCUT2D eigenvalue weighted by Gasteiger charge is 2.17. The van der Waals surface area contributed by atoms with E-state index in [9.17, 15) is 12.8 Å². The van der Waals surface area contributed by atoms with Crippen LogP contribution in [0.2, 0.25) is 0 Å². The molecule has 21 heavy (non-hydrogen) atoms. The van der Waals surface area contributed by atoms with Crippen molar-refractivity contribution in [3.8, 4) is 0 Å². The first-order valence-electron chi connectivity index (χ1n) is 6.13. The van der Waals surface area contributed by atoms with E-state index in [0.717, 1.165) is 17.8 Å². The van der Waals surface area contributed by atoms with E-state index in [1.54, 1.807) is 12.1 Å². The summed E-state index contributed by atoms with van der Waals surface area (Å²) in [6.07, 6.45) is 0.777. The summed E-state index contributed by atoms with van der Waals surface area (Å²) in [4.78, 5) is 0.991. The second-order valence-electron chi connectivity index (χ2n) is 4.31. The largest absolute Gasteiger partial charge is 0.319 e. The van der Waals surface area contributed by atoms with Gasteiger partial charge in [-0.05, 0) is 66.3 Å². The van der Waals surface area contributed by atoms with Gasteiger partial charge in [-0.15, -0.1) is 11.3 Å². The van der Waals surface area contributed by atoms with Crippen molar-refractivity contribution in [2.45, 2.75) is 10.6 Å². The lowest BCUT2D eigenvalue weighted by Gasteiger charge is -2.06. The molecule has 0 amide bonds. The van der Waals surface area contributed by atoms with Crippen molar-refractivity contribution in [1.82, 2.24) is 5.32 Å². The molecule has 1 aromatic heterocycles. The number of hydrogen-bond acceptors (Lipinski definition) is 4. The molecule has 1 heterocycles. The van der Waals surface area contributed by atoms with Crippen LogP contribution in [0, 0.1) is 5.82 Å². The molecular formula is C13H14BrFN2O2S2. The maximum atomic E-state index is 13.1. The van der Waals surface area contributed by atoms with Gasteiger partial charge in [0.15, 0.2) is 0 Å². The van der Waals surface area contributed by atoms with Gasteiger partial charge < -0.3 is 5.32 Å². The molecule has 0 unspecified atom stereocenters. The minimum atomic E-state index is -3.64. The van der Waals surface area contributed by atoms with Crippen LogP contribution in [0.1, 0.15) is 4.88 Å². The number of thiophene rings is 1. The van der Waals surface area contributed by atoms with Gasteiger partial charge in [0.1, 0.15) is 10.0 Å². The first-order valence-corrected chi connectivity index (χ1v) is 9.23. The molecule has 0 aliphatic heterocycles. The molecule has 114 valence electrons. The van der Waals surface area contributed by atoms with Crippen molar-refractivity contribution < 1.29 is 12.8 Å². The molecule has 0 fully saturated rings. The van der Waals surface area contributed by atoms with Crippen LogP contribution < -0.4 is 10.0 Å². The Kier molecular flexibility index (Phi) is 5.37. The van der Waals surface area contributed by atoms with E-state index in [4.69, 9.17) is 0 Å². The van der Waals surface area contributed by atoms with E-state index in [-0.39, 0.29) is 8.68 Å². The van der Waals surface area contributed by atoms with Gasteiger partial charge in [0.25, 0.3) is 10.0 Å². The average Bonchev–Trinajstić information content (AvgIpc) is 2.90. The minimum Gasteiger partial charge on any atom is -0.319 e. The number of rotatable bonds is 6. The molecule has 0 bridgehead atoms. The fourth-order valence-corrected chi connectivity index (χ4v) is 4.43. The lowest BCUT2D eigenvalue weighted by molar-refractivity contribution is 0.602. The van der Waals surface area contributed by atoms with Gasteiger partial charge in [-0.3, -0.25) is 4.72 Å². The summed E-state index contributed by atoms with van der Waals surface area (Å²) in [6.45, 7) is 0.790. The Bertz CT molecular complexity index is 732. The number of hydrogen-bond donors (Lipinski definition) is 2. The fourth-order valence-electron chi connectivity index (χ4n) is 1.65. The van der Waals surface area contributed by atoms with Gasteiger partial charge in [-0.2, -0.15) is 0 Å². The molecule has 0 saturated heterocycles. The van der Waals surface area contributed by atoms with Crippen LogP contribution in [0.25, 0.3) is 0 Å². The molecule has 8 heteroatoms. The minimum absolute atomic E-state index is 0.212. The van der Waals surface area contributed by atoms with Gasteiger partial charge in [-0.25, -0.2) is 12.8 Å². The molecule has 4 nitrogen and oxygen atoms in total. The highest BCUT2D eigenvalue weighted by atomic mass is 79.9. The van der Waals surface area contributed by atoms with Crippen molar-refractivity contribution in [2.24, 2.45) is 0 Å². The van der Waals surface area contributed by atoms with E-state index in [1.165, 1.54) is 29.5 Å². The van der Waals surface area contributed by atoms with Crippen LogP contribution >= 0.6 is 27.3 Å². The van der Waals surface area contributed by atoms with Crippen LogP contribution in [0.5, 0.6) is 0 Å². The molecular weight excluding hydrogens is 379 g/mol. The highest BCUT2D eigenvalue weighted by molar-refractivity contribution is 9.10. The number of likely N-dealkylation sites (N-methyl/N-ethyl adjacent to an activating group) is 1. The summed E-state index contributed by atoms with van der Waals surface area (Å²) in [6, 6.07) is 7.36. The average molecular weight is 393 g/mol. The number of anilines is 1. The Morgan fingerprint density at radius 3 is 2.71 bits per heavy atom. The number of sulfonamides is 1. The van der Waals surface area contributed by atoms with Crippen molar-refractivity contribution >= 4 is 43.0 Å². The predicted molar refractivity (Wildman–Crippen MR) is 86.9 cm³/mol. The van der Waals surface area contributed by atoms with E-state index < -0.39 is 15.8 Å². The third-order valence-corrected chi connectivity index (χ3v) is 6.32. The molecule has 0 radical (unpaired) electrons. The third kappa shape index (κ3) is 4.26. The summed E-state index contributed by atoms with van der Waals surface area (Å²) in [5.41, 5.74) is 0.313. The van der Waals surface area contributed by atoms with Crippen LogP contribution in [0.4, 0.5) is 10.1 Å². The van der Waals surface area contributed by atoms with Crippen molar-refractivity contribution in [3.05, 3.63) is 45.5 Å². The lowest BCUT2D eigenvalue weighted by Crippen LogP contribution is -2.11. The summed E-state index contributed by atoms with van der Waals surface area (Å²) >= 11 is 4.26. The fraction of sp³-hybridized carbons (Fsp3) is 0.231. The first-order chi connectivity index (χ1) is 9.92. The first kappa shape index (κ1) is 16.4. The van der Waals surface area contributed by atoms with Crippen LogP contribution in [-0.2, 0) is 16.4 Å². The second-order valence-corrected chi connectivity index (χ2v) is 8.24. The van der Waals surface area contributed by atoms with Crippen molar-refractivity contribution in [3.63, 3.8) is 0 Å². The highest BCUT2D eigenvalue weighted by Crippen LogP contribution is 2.26. The Morgan fingerprint density at radius 1 is 1.29 bits per heavy atom. The number of benzene rings is 1. The molecule has 0 spiro atoms. The van der Waals surface area contributed by atoms with E-state index in [0.29, 0.717) is 5.69 Å². The van der Waals surface area contributed by atoms with Gasteiger partial charge in [-0.1, -0.05) is 0 Å². The molecule has 0 saturated carbocycles. The summed E-state index contributed by atoms with van der Waals surface area (Å²) in [5, 5.41) is 3.02. The monoisotopic (exact) mass is 392 g/mol. The molecule has 1 aromatic carbocycles. The Morgan fingerprint density at radius 2 is 2.05 bits per heavy atom. The predicted octanol–water partition coefficient (Wildman–Crippen LogP) is 3.21. The zero-order valence-corrected chi connectivity index (χ0v) is 14.4. The molecule has 2 rings (SSSR count). The van der Waals surface area contributed by atoms with Crippen LogP contribution in [0.15, 0.2) is 39.0 Å². The maximum Gasteiger partial charge on any atom is 0.271 e. The normalized spacial score (nSPS) is 11.6. The Labute approximate surface area is 135 Å². The van der Waals surface area contributed by atoms with Crippen molar-refractivity contribution in [1.29, 1.82) is 0 Å². The summed E-state index contributed by atoms with van der Waals surface area (Å²) in [5.74, 6) is -0.441. The smallest absolute Gasteiger partial charge is 0.271 e. The lowest BCUT2D eigenvalue weighted by atomic mass is 10.3. The molecule has 0 atom stereocenters. The van der Waals surface area contributed by atoms with E-state index in [2.05, 4.69) is 26.0 Å². The Hall–Kier alpha value is -0.960. The quantitative estimate of drug-likeness (QED) is 0.793. The van der Waals surface area contributed by atoms with E-state index >= 15 is 0 Å². The van der Waals surface area contributed by atoms with Gasteiger partial charge in [0.2, 0.25) is 0 Å². The summed E-state index contributed by atoms with van der Waals surface area (Å²) in [7, 11) is -1.80. The van der Waals surface area contributed by atoms with Crippen molar-refractivity contribution in [2.75, 3.05) is 18.3 Å². The molecule has 2 aromatic rings. The molecule has 2 N–H and O–H groups in total. The summed E-state index contributed by atoms with van der Waals surface area (Å²) < 4.78 is 40.6. The third-order valence-electron chi connectivity index (χ3n) is 2.70. The van der Waals surface area contributed by atoms with Gasteiger partial charge >= 0.3 is 0 Å². The number of nitrogens with one attached hydrogen (secondary N) is 2. The topological polar surface area (TPSA) is 58.2 Å². The van der Waals surface area contributed by atoms with Crippen LogP contribution in [0.3, 0.4) is 0 Å². The zero-order valence-electron chi connectivity index (χ0n) is 11.2. The second kappa shape index (κ2) is 6.87. The maximum absolute atomic E-state index is 13.1. The zero-order chi connectivity index (χ0) is 15.5. The standard InChI is InChI=1S/C13H14BrFN2O2S2/c1-16-7-6-10-3-5-13(20-10)21(18,19)17-9-2-4-12(15)11(14)8-9/h2-5,8,16-17H,6-7H2,1H3. The Balaban J connectivity index is 2.17. The number of halogens is 2. The van der Waals surface area contributed by atoms with Gasteiger partial charge in [0.05, 0.1) is 10.2 Å².